The SMILES string of the molecule is CCN(CCNc1cc(N)ns1)C1CC1. The van der Waals surface area contributed by atoms with E-state index in [2.05, 4.69) is 21.5 Å². The molecule has 1 aromatic rings. The summed E-state index contributed by atoms with van der Waals surface area (Å²) in [6, 6.07) is 2.74. The highest BCUT2D eigenvalue weighted by atomic mass is 32.1. The molecule has 1 aromatic heterocycles. The standard InChI is InChI=1S/C10H18N4S/c1-2-14(8-3-4-8)6-5-12-10-7-9(11)13-15-10/h7-8,12H,2-6H2,1H3,(H2,11,13). The number of nitrogens with one attached hydrogen (secondary N) is 1. The van der Waals surface area contributed by atoms with Crippen molar-refractivity contribution in [1.82, 2.24) is 9.27 Å². The molecule has 3 N–H and O–H groups in total. The lowest BCUT2D eigenvalue weighted by Crippen LogP contribution is -2.30. The summed E-state index contributed by atoms with van der Waals surface area (Å²) in [4.78, 5) is 2.53. The molecule has 1 fully saturated rings. The van der Waals surface area contributed by atoms with Crippen LogP contribution in [0.25, 0.3) is 0 Å². The summed E-state index contributed by atoms with van der Waals surface area (Å²) in [7, 11) is 0. The minimum atomic E-state index is 0.608. The van der Waals surface area contributed by atoms with E-state index in [-0.39, 0.29) is 0 Å². The molecular weight excluding hydrogens is 208 g/mol. The third-order valence-electron chi connectivity index (χ3n) is 2.70. The Balaban J connectivity index is 1.69. The molecule has 1 saturated carbocycles. The van der Waals surface area contributed by atoms with E-state index in [4.69, 9.17) is 5.73 Å². The van der Waals surface area contributed by atoms with Crippen molar-refractivity contribution in [1.29, 1.82) is 0 Å². The Hall–Kier alpha value is -0.810. The van der Waals surface area contributed by atoms with Gasteiger partial charge in [-0.15, -0.1) is 0 Å². The van der Waals surface area contributed by atoms with Crippen molar-refractivity contribution in [3.8, 4) is 0 Å². The van der Waals surface area contributed by atoms with Gasteiger partial charge in [-0.2, -0.15) is 4.37 Å². The first-order valence-electron chi connectivity index (χ1n) is 5.49. The van der Waals surface area contributed by atoms with E-state index in [9.17, 15) is 0 Å². The van der Waals surface area contributed by atoms with E-state index >= 15 is 0 Å². The lowest BCUT2D eigenvalue weighted by atomic mass is 10.4. The Kier molecular flexibility index (Phi) is 3.43. The quantitative estimate of drug-likeness (QED) is 0.774. The van der Waals surface area contributed by atoms with E-state index < -0.39 is 0 Å². The molecule has 5 heteroatoms. The van der Waals surface area contributed by atoms with Crippen molar-refractivity contribution in [2.45, 2.75) is 25.8 Å². The summed E-state index contributed by atoms with van der Waals surface area (Å²) in [5.41, 5.74) is 5.54. The second kappa shape index (κ2) is 4.81. The highest BCUT2D eigenvalue weighted by Gasteiger charge is 2.27. The van der Waals surface area contributed by atoms with E-state index in [0.29, 0.717) is 5.82 Å². The number of aromatic nitrogens is 1. The van der Waals surface area contributed by atoms with Gasteiger partial charge in [-0.3, -0.25) is 4.90 Å². The van der Waals surface area contributed by atoms with Gasteiger partial charge in [0.25, 0.3) is 0 Å². The second-order valence-corrected chi connectivity index (χ2v) is 4.71. The number of nitrogens with two attached hydrogens (primary N) is 1. The number of anilines is 2. The van der Waals surface area contributed by atoms with Gasteiger partial charge < -0.3 is 11.1 Å². The van der Waals surface area contributed by atoms with Crippen LogP contribution in [0.2, 0.25) is 0 Å². The van der Waals surface area contributed by atoms with Gasteiger partial charge in [0.2, 0.25) is 0 Å². The smallest absolute Gasteiger partial charge is 0.139 e. The molecule has 0 unspecified atom stereocenters. The van der Waals surface area contributed by atoms with Gasteiger partial charge in [-0.1, -0.05) is 6.92 Å². The molecule has 84 valence electrons. The molecule has 2 rings (SSSR count). The van der Waals surface area contributed by atoms with Crippen LogP contribution < -0.4 is 11.1 Å². The van der Waals surface area contributed by atoms with Crippen LogP contribution in [0.1, 0.15) is 19.8 Å². The summed E-state index contributed by atoms with van der Waals surface area (Å²) in [5, 5.41) is 4.42. The minimum Gasteiger partial charge on any atom is -0.383 e. The predicted octanol–water partition coefficient (Wildman–Crippen LogP) is 1.62. The second-order valence-electron chi connectivity index (χ2n) is 3.90. The normalized spacial score (nSPS) is 15.9. The lowest BCUT2D eigenvalue weighted by Gasteiger charge is -2.19. The average molecular weight is 226 g/mol. The molecular formula is C10H18N4S. The Labute approximate surface area is 94.6 Å². The van der Waals surface area contributed by atoms with E-state index in [0.717, 1.165) is 30.7 Å². The average Bonchev–Trinajstić information content (AvgIpc) is 2.98. The number of likely N-dealkylation sites (N-methyl/N-ethyl adjacent to an activating group) is 1. The van der Waals surface area contributed by atoms with Crippen molar-refractivity contribution < 1.29 is 0 Å². The molecule has 0 aromatic carbocycles. The fourth-order valence-electron chi connectivity index (χ4n) is 1.73. The summed E-state index contributed by atoms with van der Waals surface area (Å²) >= 11 is 1.43. The van der Waals surface area contributed by atoms with Crippen LogP contribution in [-0.4, -0.2) is 34.9 Å². The lowest BCUT2D eigenvalue weighted by molar-refractivity contribution is 0.289. The Morgan fingerprint density at radius 1 is 1.67 bits per heavy atom. The molecule has 1 aliphatic rings. The fourth-order valence-corrected chi connectivity index (χ4v) is 2.33. The Morgan fingerprint density at radius 3 is 3.00 bits per heavy atom. The molecule has 0 aliphatic heterocycles. The van der Waals surface area contributed by atoms with Crippen molar-refractivity contribution in [2.24, 2.45) is 0 Å². The van der Waals surface area contributed by atoms with Crippen LogP contribution in [0.3, 0.4) is 0 Å². The molecule has 0 amide bonds. The molecule has 15 heavy (non-hydrogen) atoms. The monoisotopic (exact) mass is 226 g/mol. The number of rotatable bonds is 6. The number of hydrogen-bond acceptors (Lipinski definition) is 5. The summed E-state index contributed by atoms with van der Waals surface area (Å²) in [6.45, 7) is 5.46. The molecule has 0 atom stereocenters. The first-order valence-corrected chi connectivity index (χ1v) is 6.27. The van der Waals surface area contributed by atoms with E-state index in [1.165, 1.54) is 24.4 Å². The van der Waals surface area contributed by atoms with Crippen LogP contribution in [0.15, 0.2) is 6.07 Å². The predicted molar refractivity (Wildman–Crippen MR) is 65.3 cm³/mol. The highest BCUT2D eigenvalue weighted by Crippen LogP contribution is 2.26. The zero-order valence-electron chi connectivity index (χ0n) is 9.07. The van der Waals surface area contributed by atoms with Crippen molar-refractivity contribution in [3.63, 3.8) is 0 Å². The zero-order valence-corrected chi connectivity index (χ0v) is 9.89. The van der Waals surface area contributed by atoms with E-state index in [1.54, 1.807) is 0 Å². The maximum atomic E-state index is 5.54. The minimum absolute atomic E-state index is 0.608. The van der Waals surface area contributed by atoms with Gasteiger partial charge in [0.1, 0.15) is 10.8 Å². The van der Waals surface area contributed by atoms with Crippen molar-refractivity contribution >= 4 is 22.4 Å². The number of nitrogen functional groups attached to an aromatic ring is 1. The zero-order chi connectivity index (χ0) is 10.7. The summed E-state index contributed by atoms with van der Waals surface area (Å²) in [5.74, 6) is 0.608. The maximum Gasteiger partial charge on any atom is 0.139 e. The first kappa shape index (κ1) is 10.7. The van der Waals surface area contributed by atoms with Crippen LogP contribution in [-0.2, 0) is 0 Å². The van der Waals surface area contributed by atoms with Crippen LogP contribution in [0.4, 0.5) is 10.8 Å². The molecule has 1 heterocycles. The number of hydrogen-bond donors (Lipinski definition) is 2. The molecule has 1 aliphatic carbocycles. The summed E-state index contributed by atoms with van der Waals surface area (Å²) < 4.78 is 4.03. The third kappa shape index (κ3) is 3.07. The van der Waals surface area contributed by atoms with Gasteiger partial charge >= 0.3 is 0 Å². The topological polar surface area (TPSA) is 54.2 Å². The summed E-state index contributed by atoms with van der Waals surface area (Å²) in [6.07, 6.45) is 2.75. The number of nitrogens with zero attached hydrogens (tertiary/aromatic N) is 2. The fraction of sp³-hybridized carbons (Fsp3) is 0.700. The van der Waals surface area contributed by atoms with Gasteiger partial charge in [0.15, 0.2) is 0 Å². The molecule has 0 saturated heterocycles. The molecule has 4 nitrogen and oxygen atoms in total. The van der Waals surface area contributed by atoms with Crippen LogP contribution >= 0.6 is 11.5 Å². The molecule has 0 radical (unpaired) electrons. The van der Waals surface area contributed by atoms with Gasteiger partial charge in [0.05, 0.1) is 0 Å². The van der Waals surface area contributed by atoms with E-state index in [1.807, 2.05) is 6.07 Å². The Morgan fingerprint density at radius 2 is 2.47 bits per heavy atom. The largest absolute Gasteiger partial charge is 0.383 e. The first-order chi connectivity index (χ1) is 7.29. The maximum absolute atomic E-state index is 5.54. The molecule has 0 spiro atoms. The van der Waals surface area contributed by atoms with Crippen molar-refractivity contribution in [3.05, 3.63) is 6.07 Å². The van der Waals surface area contributed by atoms with Gasteiger partial charge in [-0.05, 0) is 30.9 Å². The molecule has 0 bridgehead atoms. The third-order valence-corrected chi connectivity index (χ3v) is 3.46. The Bertz CT molecular complexity index is 308. The van der Waals surface area contributed by atoms with Crippen molar-refractivity contribution in [2.75, 3.05) is 30.7 Å². The van der Waals surface area contributed by atoms with Crippen LogP contribution in [0, 0.1) is 0 Å². The van der Waals surface area contributed by atoms with Gasteiger partial charge in [-0.25, -0.2) is 0 Å². The van der Waals surface area contributed by atoms with Crippen LogP contribution in [0.5, 0.6) is 0 Å². The van der Waals surface area contributed by atoms with Gasteiger partial charge in [0, 0.05) is 25.2 Å². The highest BCUT2D eigenvalue weighted by molar-refractivity contribution is 7.10.